The molecule has 1 aliphatic rings. The number of rotatable bonds is 8. The Morgan fingerprint density at radius 2 is 1.78 bits per heavy atom. The van der Waals surface area contributed by atoms with Crippen molar-refractivity contribution in [2.24, 2.45) is 0 Å². The molecule has 32 heavy (non-hydrogen) atoms. The van der Waals surface area contributed by atoms with Gasteiger partial charge in [-0.2, -0.15) is 0 Å². The van der Waals surface area contributed by atoms with Gasteiger partial charge in [0.05, 0.1) is 31.4 Å². The molecule has 0 bridgehead atoms. The van der Waals surface area contributed by atoms with E-state index >= 15 is 0 Å². The molecule has 0 radical (unpaired) electrons. The molecule has 170 valence electrons. The maximum absolute atomic E-state index is 14.0. The van der Waals surface area contributed by atoms with Crippen molar-refractivity contribution < 1.29 is 28.6 Å². The summed E-state index contributed by atoms with van der Waals surface area (Å²) in [7, 11) is 6.71. The fourth-order valence-corrected chi connectivity index (χ4v) is 3.89. The first-order chi connectivity index (χ1) is 15.3. The zero-order valence-electron chi connectivity index (χ0n) is 18.6. The van der Waals surface area contributed by atoms with Gasteiger partial charge in [0.15, 0.2) is 0 Å². The Hall–Kier alpha value is -3.39. The molecule has 1 amide bonds. The number of hydrogen-bond acceptors (Lipinski definition) is 6. The number of hydrogen-bond donors (Lipinski definition) is 1. The van der Waals surface area contributed by atoms with E-state index in [1.54, 1.807) is 24.3 Å². The molecule has 1 saturated heterocycles. The van der Waals surface area contributed by atoms with Gasteiger partial charge in [0.2, 0.25) is 0 Å². The summed E-state index contributed by atoms with van der Waals surface area (Å²) in [4.78, 5) is 29.5. The number of halogens is 1. The summed E-state index contributed by atoms with van der Waals surface area (Å²) in [6.45, 7) is 1.00. The zero-order chi connectivity index (χ0) is 23.4. The van der Waals surface area contributed by atoms with Crippen molar-refractivity contribution in [2.75, 3.05) is 41.4 Å². The third-order valence-electron chi connectivity index (χ3n) is 5.39. The highest BCUT2D eigenvalue weighted by Gasteiger charge is 2.47. The minimum absolute atomic E-state index is 0.00121. The lowest BCUT2D eigenvalue weighted by atomic mass is 9.94. The van der Waals surface area contributed by atoms with Crippen LogP contribution in [0.1, 0.15) is 23.6 Å². The van der Waals surface area contributed by atoms with Crippen LogP contribution >= 0.6 is 0 Å². The normalized spacial score (nSPS) is 17.8. The number of ether oxygens (including phenoxy) is 2. The average Bonchev–Trinajstić information content (AvgIpc) is 3.03. The number of aliphatic hydroxyl groups is 1. The molecule has 1 N–H and O–H groups in total. The molecule has 0 unspecified atom stereocenters. The lowest BCUT2D eigenvalue weighted by Gasteiger charge is -2.27. The molecule has 2 aromatic carbocycles. The number of ketones is 1. The number of nitrogens with zero attached hydrogens (tertiary/aromatic N) is 2. The van der Waals surface area contributed by atoms with Gasteiger partial charge in [0.25, 0.3) is 11.7 Å². The van der Waals surface area contributed by atoms with Gasteiger partial charge in [-0.15, -0.1) is 0 Å². The van der Waals surface area contributed by atoms with E-state index in [2.05, 4.69) is 0 Å². The van der Waals surface area contributed by atoms with E-state index in [9.17, 15) is 19.1 Å². The first-order valence-corrected chi connectivity index (χ1v) is 10.2. The van der Waals surface area contributed by atoms with Crippen molar-refractivity contribution in [3.05, 3.63) is 65.0 Å². The summed E-state index contributed by atoms with van der Waals surface area (Å²) < 4.78 is 24.7. The molecular formula is C24H27FN2O5. The number of para-hydroxylation sites is 1. The van der Waals surface area contributed by atoms with E-state index in [1.807, 2.05) is 19.0 Å². The van der Waals surface area contributed by atoms with Gasteiger partial charge in [-0.25, -0.2) is 4.39 Å². The van der Waals surface area contributed by atoms with Crippen molar-refractivity contribution in [3.63, 3.8) is 0 Å². The highest BCUT2D eigenvalue weighted by atomic mass is 19.1. The molecule has 1 heterocycles. The summed E-state index contributed by atoms with van der Waals surface area (Å²) in [6.07, 6.45) is 0.620. The molecule has 1 aliphatic heterocycles. The maximum Gasteiger partial charge on any atom is 0.295 e. The van der Waals surface area contributed by atoms with Crippen LogP contribution in [0.15, 0.2) is 48.0 Å². The molecule has 2 aromatic rings. The highest BCUT2D eigenvalue weighted by molar-refractivity contribution is 6.46. The van der Waals surface area contributed by atoms with E-state index < -0.39 is 29.3 Å². The van der Waals surface area contributed by atoms with Crippen LogP contribution in [0, 0.1) is 5.82 Å². The molecule has 1 atom stereocenters. The van der Waals surface area contributed by atoms with E-state index in [-0.39, 0.29) is 16.9 Å². The minimum Gasteiger partial charge on any atom is -0.507 e. The van der Waals surface area contributed by atoms with Crippen LogP contribution in [-0.4, -0.2) is 68.0 Å². The summed E-state index contributed by atoms with van der Waals surface area (Å²) in [5.41, 5.74) is 0.419. The number of likely N-dealkylation sites (tertiary alicyclic amines) is 1. The van der Waals surface area contributed by atoms with Crippen LogP contribution in [0.2, 0.25) is 0 Å². The van der Waals surface area contributed by atoms with Crippen LogP contribution in [0.5, 0.6) is 11.5 Å². The lowest BCUT2D eigenvalue weighted by molar-refractivity contribution is -0.140. The van der Waals surface area contributed by atoms with Crippen molar-refractivity contribution in [3.8, 4) is 11.5 Å². The first-order valence-electron chi connectivity index (χ1n) is 10.2. The smallest absolute Gasteiger partial charge is 0.295 e. The van der Waals surface area contributed by atoms with Gasteiger partial charge >= 0.3 is 0 Å². The van der Waals surface area contributed by atoms with Crippen LogP contribution in [0.25, 0.3) is 5.76 Å². The standard InChI is InChI=1S/C24H27FN2O5/c1-26(2)12-7-13-27-21(16-8-5-6-9-18(16)31-3)20(23(29)24(27)30)22(28)17-14-15(25)10-11-19(17)32-4/h5-6,8-11,14,21,28H,7,12-13H2,1-4H3/t21-/m1/s1. The topological polar surface area (TPSA) is 79.3 Å². The average molecular weight is 442 g/mol. The predicted octanol–water partition coefficient (Wildman–Crippen LogP) is 3.22. The molecule has 0 aromatic heterocycles. The molecule has 1 fully saturated rings. The number of aliphatic hydroxyl groups excluding tert-OH is 1. The van der Waals surface area contributed by atoms with Gasteiger partial charge in [-0.05, 0) is 51.3 Å². The molecule has 7 nitrogen and oxygen atoms in total. The fraction of sp³-hybridized carbons (Fsp3) is 0.333. The van der Waals surface area contributed by atoms with Gasteiger partial charge in [-0.3, -0.25) is 9.59 Å². The molecule has 0 saturated carbocycles. The summed E-state index contributed by atoms with van der Waals surface area (Å²) in [6, 6.07) is 9.73. The molecular weight excluding hydrogens is 415 g/mol. The second-order valence-electron chi connectivity index (χ2n) is 7.74. The zero-order valence-corrected chi connectivity index (χ0v) is 18.6. The van der Waals surface area contributed by atoms with Gasteiger partial charge in [0, 0.05) is 12.1 Å². The summed E-state index contributed by atoms with van der Waals surface area (Å²) >= 11 is 0. The molecule has 3 rings (SSSR count). The van der Waals surface area contributed by atoms with E-state index in [4.69, 9.17) is 9.47 Å². The van der Waals surface area contributed by atoms with Gasteiger partial charge in [-0.1, -0.05) is 18.2 Å². The Bertz CT molecular complexity index is 1050. The first kappa shape index (κ1) is 23.3. The largest absolute Gasteiger partial charge is 0.507 e. The van der Waals surface area contributed by atoms with E-state index in [1.165, 1.54) is 31.3 Å². The van der Waals surface area contributed by atoms with E-state index in [0.717, 1.165) is 6.07 Å². The number of amides is 1. The Morgan fingerprint density at radius 1 is 1.09 bits per heavy atom. The third-order valence-corrected chi connectivity index (χ3v) is 5.39. The SMILES string of the molecule is COc1ccc(F)cc1C(O)=C1C(=O)C(=O)N(CCCN(C)C)[C@@H]1c1ccccc1OC. The predicted molar refractivity (Wildman–Crippen MR) is 118 cm³/mol. The second-order valence-corrected chi connectivity index (χ2v) is 7.74. The van der Waals surface area contributed by atoms with Crippen LogP contribution in [0.4, 0.5) is 4.39 Å². The molecule has 8 heteroatoms. The lowest BCUT2D eigenvalue weighted by Crippen LogP contribution is -2.32. The Labute approximate surface area is 186 Å². The third kappa shape index (κ3) is 4.45. The number of carbonyl (C=O) groups is 2. The molecule has 0 aliphatic carbocycles. The van der Waals surface area contributed by atoms with Gasteiger partial charge in [0.1, 0.15) is 23.1 Å². The van der Waals surface area contributed by atoms with Crippen LogP contribution < -0.4 is 9.47 Å². The monoisotopic (exact) mass is 442 g/mol. The minimum atomic E-state index is -0.888. The Kier molecular flexibility index (Phi) is 7.15. The number of benzene rings is 2. The second kappa shape index (κ2) is 9.82. The fourth-order valence-electron chi connectivity index (χ4n) is 3.89. The highest BCUT2D eigenvalue weighted by Crippen LogP contribution is 2.43. The van der Waals surface area contributed by atoms with Crippen molar-refractivity contribution in [2.45, 2.75) is 12.5 Å². The maximum atomic E-state index is 14.0. The van der Waals surface area contributed by atoms with Crippen LogP contribution in [-0.2, 0) is 9.59 Å². The Balaban J connectivity index is 2.20. The number of Topliss-reactive ketones (excluding diaryl/α,β-unsaturated/α-hetero) is 1. The van der Waals surface area contributed by atoms with Gasteiger partial charge < -0.3 is 24.4 Å². The van der Waals surface area contributed by atoms with Crippen LogP contribution in [0.3, 0.4) is 0 Å². The van der Waals surface area contributed by atoms with E-state index in [0.29, 0.717) is 30.8 Å². The van der Waals surface area contributed by atoms with Crippen molar-refractivity contribution in [1.82, 2.24) is 9.80 Å². The quantitative estimate of drug-likeness (QED) is 0.384. The number of methoxy groups -OCH3 is 2. The Morgan fingerprint density at radius 3 is 2.44 bits per heavy atom. The summed E-state index contributed by atoms with van der Waals surface area (Å²) in [5, 5.41) is 11.2. The molecule has 0 spiro atoms. The van der Waals surface area contributed by atoms with Crippen molar-refractivity contribution >= 4 is 17.4 Å². The summed E-state index contributed by atoms with van der Waals surface area (Å²) in [5.74, 6) is -2.02. The van der Waals surface area contributed by atoms with Crippen molar-refractivity contribution in [1.29, 1.82) is 0 Å². The number of carbonyl (C=O) groups excluding carboxylic acids is 2.